The number of piperazine rings is 1. The molecule has 0 bridgehead atoms. The lowest BCUT2D eigenvalue weighted by molar-refractivity contribution is -0.132. The van der Waals surface area contributed by atoms with Crippen molar-refractivity contribution in [2.45, 2.75) is 13.0 Å². The maximum absolute atomic E-state index is 13.3. The third-order valence-electron chi connectivity index (χ3n) is 6.86. The van der Waals surface area contributed by atoms with Gasteiger partial charge < -0.3 is 14.7 Å². The van der Waals surface area contributed by atoms with Gasteiger partial charge in [0.15, 0.2) is 5.82 Å². The van der Waals surface area contributed by atoms with Gasteiger partial charge in [-0.3, -0.25) is 4.79 Å². The van der Waals surface area contributed by atoms with Gasteiger partial charge in [0.2, 0.25) is 11.9 Å². The molecule has 0 atom stereocenters. The van der Waals surface area contributed by atoms with E-state index >= 15 is 0 Å². The quantitative estimate of drug-likeness (QED) is 0.447. The van der Waals surface area contributed by atoms with Crippen LogP contribution in [0.15, 0.2) is 84.9 Å². The Labute approximate surface area is 205 Å². The fraction of sp³-hybridized carbons (Fsp3) is 0.250. The molecule has 1 aromatic heterocycles. The first-order chi connectivity index (χ1) is 17.3. The Morgan fingerprint density at radius 2 is 1.46 bits per heavy atom. The van der Waals surface area contributed by atoms with Crippen LogP contribution in [0.1, 0.15) is 5.56 Å². The van der Waals surface area contributed by atoms with E-state index in [1.165, 1.54) is 11.3 Å². The molecule has 1 saturated heterocycles. The van der Waals surface area contributed by atoms with Gasteiger partial charge >= 0.3 is 0 Å². The maximum Gasteiger partial charge on any atom is 0.249 e. The van der Waals surface area contributed by atoms with Crippen molar-refractivity contribution in [3.8, 4) is 11.4 Å². The van der Waals surface area contributed by atoms with Crippen LogP contribution in [-0.2, 0) is 17.8 Å². The third-order valence-corrected chi connectivity index (χ3v) is 6.86. The first-order valence-electron chi connectivity index (χ1n) is 12.2. The Morgan fingerprint density at radius 3 is 2.23 bits per heavy atom. The van der Waals surface area contributed by atoms with Crippen molar-refractivity contribution in [2.75, 3.05) is 42.5 Å². The van der Waals surface area contributed by atoms with Gasteiger partial charge in [-0.25, -0.2) is 4.68 Å². The van der Waals surface area contributed by atoms with Crippen LogP contribution in [-0.4, -0.2) is 58.3 Å². The summed E-state index contributed by atoms with van der Waals surface area (Å²) in [6.07, 6.45) is 0.968. The lowest BCUT2D eigenvalue weighted by Crippen LogP contribution is -2.49. The smallest absolute Gasteiger partial charge is 0.249 e. The van der Waals surface area contributed by atoms with E-state index in [-0.39, 0.29) is 12.5 Å². The normalized spacial score (nSPS) is 15.4. The molecule has 3 heterocycles. The number of aromatic nitrogens is 3. The Morgan fingerprint density at radius 1 is 0.771 bits per heavy atom. The summed E-state index contributed by atoms with van der Waals surface area (Å²) in [6.45, 7) is 4.08. The molecule has 7 heteroatoms. The minimum Gasteiger partial charge on any atom is -0.368 e. The minimum atomic E-state index is 0.0770. The number of para-hydroxylation sites is 2. The number of rotatable bonds is 5. The molecule has 0 saturated carbocycles. The van der Waals surface area contributed by atoms with Crippen LogP contribution in [0, 0.1) is 0 Å². The summed E-state index contributed by atoms with van der Waals surface area (Å²) in [4.78, 5) is 24.7. The number of amides is 1. The highest BCUT2D eigenvalue weighted by Crippen LogP contribution is 2.33. The Balaban J connectivity index is 1.23. The van der Waals surface area contributed by atoms with Crippen LogP contribution >= 0.6 is 0 Å². The second-order valence-electron chi connectivity index (χ2n) is 8.99. The van der Waals surface area contributed by atoms with Crippen molar-refractivity contribution >= 4 is 23.2 Å². The van der Waals surface area contributed by atoms with E-state index in [0.717, 1.165) is 43.1 Å². The SMILES string of the molecule is O=C(Cn1nc(N2CCc3ccccc32)nc1-c1ccccc1)N1CCN(c2ccccc2)CC1. The van der Waals surface area contributed by atoms with E-state index in [4.69, 9.17) is 10.1 Å². The molecule has 0 N–H and O–H groups in total. The van der Waals surface area contributed by atoms with Gasteiger partial charge in [0.05, 0.1) is 0 Å². The molecule has 0 radical (unpaired) electrons. The van der Waals surface area contributed by atoms with Crippen LogP contribution in [0.5, 0.6) is 0 Å². The van der Waals surface area contributed by atoms with Crippen molar-refractivity contribution in [3.05, 3.63) is 90.5 Å². The molecular weight excluding hydrogens is 436 g/mol. The van der Waals surface area contributed by atoms with E-state index in [9.17, 15) is 4.79 Å². The summed E-state index contributed by atoms with van der Waals surface area (Å²) in [7, 11) is 0. The summed E-state index contributed by atoms with van der Waals surface area (Å²) >= 11 is 0. The first-order valence-corrected chi connectivity index (χ1v) is 12.2. The largest absolute Gasteiger partial charge is 0.368 e. The van der Waals surface area contributed by atoms with Crippen LogP contribution in [0.25, 0.3) is 11.4 Å². The van der Waals surface area contributed by atoms with Gasteiger partial charge in [-0.05, 0) is 30.2 Å². The zero-order chi connectivity index (χ0) is 23.6. The number of benzene rings is 3. The molecule has 176 valence electrons. The standard InChI is InChI=1S/C28H28N6O/c35-26(32-19-17-31(18-20-32)24-12-5-2-6-13-24)21-34-27(23-10-3-1-4-11-23)29-28(30-34)33-16-15-22-9-7-8-14-25(22)33/h1-14H,15-21H2. The minimum absolute atomic E-state index is 0.0770. The second-order valence-corrected chi connectivity index (χ2v) is 8.99. The van der Waals surface area contributed by atoms with Gasteiger partial charge in [0, 0.05) is 49.7 Å². The Bertz CT molecular complexity index is 1310. The molecular formula is C28H28N6O. The van der Waals surface area contributed by atoms with Gasteiger partial charge in [-0.2, -0.15) is 4.98 Å². The highest BCUT2D eigenvalue weighted by molar-refractivity contribution is 5.77. The summed E-state index contributed by atoms with van der Waals surface area (Å²) in [5.41, 5.74) is 4.61. The average Bonchev–Trinajstić information content (AvgIpc) is 3.54. The molecule has 0 aliphatic carbocycles. The number of fused-ring (bicyclic) bond motifs is 1. The number of hydrogen-bond donors (Lipinski definition) is 0. The van der Waals surface area contributed by atoms with E-state index < -0.39 is 0 Å². The highest BCUT2D eigenvalue weighted by Gasteiger charge is 2.27. The third kappa shape index (κ3) is 4.25. The molecule has 1 amide bonds. The number of carbonyl (C=O) groups excluding carboxylic acids is 1. The molecule has 35 heavy (non-hydrogen) atoms. The number of carbonyl (C=O) groups is 1. The van der Waals surface area contributed by atoms with Crippen molar-refractivity contribution in [3.63, 3.8) is 0 Å². The van der Waals surface area contributed by atoms with Gasteiger partial charge in [-0.15, -0.1) is 5.10 Å². The van der Waals surface area contributed by atoms with Crippen molar-refractivity contribution in [2.24, 2.45) is 0 Å². The molecule has 0 spiro atoms. The van der Waals surface area contributed by atoms with Crippen LogP contribution < -0.4 is 9.80 Å². The summed E-state index contributed by atoms with van der Waals surface area (Å²) < 4.78 is 1.78. The van der Waals surface area contributed by atoms with Crippen molar-refractivity contribution in [1.82, 2.24) is 19.7 Å². The number of anilines is 3. The summed E-state index contributed by atoms with van der Waals surface area (Å²) in [5.74, 6) is 1.45. The van der Waals surface area contributed by atoms with Gasteiger partial charge in [0.1, 0.15) is 6.54 Å². The molecule has 2 aliphatic heterocycles. The second kappa shape index (κ2) is 9.25. The predicted molar refractivity (Wildman–Crippen MR) is 138 cm³/mol. The lowest BCUT2D eigenvalue weighted by Gasteiger charge is -2.36. The first kappa shape index (κ1) is 21.4. The van der Waals surface area contributed by atoms with E-state index in [1.54, 1.807) is 4.68 Å². The molecule has 4 aromatic rings. The average molecular weight is 465 g/mol. The zero-order valence-electron chi connectivity index (χ0n) is 19.6. The molecule has 7 nitrogen and oxygen atoms in total. The number of hydrogen-bond acceptors (Lipinski definition) is 5. The molecule has 6 rings (SSSR count). The van der Waals surface area contributed by atoms with E-state index in [0.29, 0.717) is 19.0 Å². The van der Waals surface area contributed by atoms with Crippen molar-refractivity contribution in [1.29, 1.82) is 0 Å². The van der Waals surface area contributed by atoms with Gasteiger partial charge in [-0.1, -0.05) is 66.7 Å². The summed E-state index contributed by atoms with van der Waals surface area (Å²) in [5, 5.41) is 4.84. The zero-order valence-corrected chi connectivity index (χ0v) is 19.6. The molecule has 0 unspecified atom stereocenters. The fourth-order valence-electron chi connectivity index (χ4n) is 4.98. The van der Waals surface area contributed by atoms with Crippen LogP contribution in [0.2, 0.25) is 0 Å². The van der Waals surface area contributed by atoms with Crippen LogP contribution in [0.4, 0.5) is 17.3 Å². The van der Waals surface area contributed by atoms with Crippen molar-refractivity contribution < 1.29 is 4.79 Å². The lowest BCUT2D eigenvalue weighted by atomic mass is 10.2. The fourth-order valence-corrected chi connectivity index (χ4v) is 4.98. The monoisotopic (exact) mass is 464 g/mol. The maximum atomic E-state index is 13.3. The highest BCUT2D eigenvalue weighted by atomic mass is 16.2. The molecule has 1 fully saturated rings. The Kier molecular flexibility index (Phi) is 5.66. The predicted octanol–water partition coefficient (Wildman–Crippen LogP) is 3.99. The van der Waals surface area contributed by atoms with Crippen LogP contribution in [0.3, 0.4) is 0 Å². The topological polar surface area (TPSA) is 57.5 Å². The Hall–Kier alpha value is -4.13. The van der Waals surface area contributed by atoms with E-state index in [2.05, 4.69) is 52.3 Å². The van der Waals surface area contributed by atoms with Gasteiger partial charge in [0.25, 0.3) is 0 Å². The molecule has 2 aliphatic rings. The van der Waals surface area contributed by atoms with E-state index in [1.807, 2.05) is 47.4 Å². The summed E-state index contributed by atoms with van der Waals surface area (Å²) in [6, 6.07) is 28.8. The number of nitrogens with zero attached hydrogens (tertiary/aromatic N) is 6. The molecule has 3 aromatic carbocycles.